The summed E-state index contributed by atoms with van der Waals surface area (Å²) in [6, 6.07) is 18.9. The van der Waals surface area contributed by atoms with Gasteiger partial charge in [-0.25, -0.2) is 8.42 Å². The normalized spacial score (nSPS) is 12.2. The van der Waals surface area contributed by atoms with E-state index in [1.807, 2.05) is 63.2 Å². The Kier molecular flexibility index (Phi) is 11.2. The molecular formula is C31H37Cl2N3O4S. The lowest BCUT2D eigenvalue weighted by molar-refractivity contribution is -0.140. The van der Waals surface area contributed by atoms with Crippen LogP contribution in [0, 0.1) is 19.8 Å². The van der Waals surface area contributed by atoms with Crippen molar-refractivity contribution in [1.29, 1.82) is 0 Å². The molecule has 1 N–H and O–H groups in total. The van der Waals surface area contributed by atoms with Gasteiger partial charge in [-0.05, 0) is 60.2 Å². The van der Waals surface area contributed by atoms with Crippen LogP contribution in [0.3, 0.4) is 0 Å². The summed E-state index contributed by atoms with van der Waals surface area (Å²) in [5.74, 6) is -0.655. The van der Waals surface area contributed by atoms with Crippen LogP contribution in [-0.2, 0) is 32.6 Å². The Hall–Kier alpha value is -3.07. The highest BCUT2D eigenvalue weighted by atomic mass is 35.5. The Morgan fingerprint density at radius 2 is 1.59 bits per heavy atom. The fraction of sp³-hybridized carbons (Fsp3) is 0.355. The SMILES string of the molecule is Cc1ccc(C)c(N(CC(=O)N(Cc2ccc(Cl)c(Cl)c2)[C@H](Cc2ccccc2)C(=O)NCC(C)C)S(C)(=O)=O)c1. The zero-order chi connectivity index (χ0) is 30.3. The van der Waals surface area contributed by atoms with Gasteiger partial charge in [0.05, 0.1) is 22.0 Å². The Balaban J connectivity index is 2.09. The smallest absolute Gasteiger partial charge is 0.244 e. The molecule has 3 aromatic rings. The third-order valence-electron chi connectivity index (χ3n) is 6.61. The minimum atomic E-state index is -3.85. The first-order valence-electron chi connectivity index (χ1n) is 13.4. The van der Waals surface area contributed by atoms with E-state index in [9.17, 15) is 18.0 Å². The lowest BCUT2D eigenvalue weighted by Gasteiger charge is -2.34. The maximum atomic E-state index is 14.2. The van der Waals surface area contributed by atoms with Gasteiger partial charge in [0, 0.05) is 19.5 Å². The number of nitrogens with one attached hydrogen (secondary N) is 1. The van der Waals surface area contributed by atoms with E-state index in [4.69, 9.17) is 23.2 Å². The average molecular weight is 619 g/mol. The van der Waals surface area contributed by atoms with Crippen molar-refractivity contribution in [2.45, 2.75) is 46.7 Å². The predicted molar refractivity (Wildman–Crippen MR) is 167 cm³/mol. The van der Waals surface area contributed by atoms with Crippen molar-refractivity contribution in [2.75, 3.05) is 23.7 Å². The van der Waals surface area contributed by atoms with Crippen LogP contribution in [0.25, 0.3) is 0 Å². The number of aryl methyl sites for hydroxylation is 2. The maximum absolute atomic E-state index is 14.2. The number of sulfonamides is 1. The Bertz CT molecular complexity index is 1480. The molecule has 220 valence electrons. The molecule has 0 aliphatic heterocycles. The van der Waals surface area contributed by atoms with E-state index < -0.39 is 28.5 Å². The van der Waals surface area contributed by atoms with Crippen molar-refractivity contribution < 1.29 is 18.0 Å². The number of carbonyl (C=O) groups excluding carboxylic acids is 2. The fourth-order valence-corrected chi connectivity index (χ4v) is 5.61. The van der Waals surface area contributed by atoms with Crippen LogP contribution < -0.4 is 9.62 Å². The molecular weight excluding hydrogens is 581 g/mol. The van der Waals surface area contributed by atoms with Crippen molar-refractivity contribution in [3.8, 4) is 0 Å². The summed E-state index contributed by atoms with van der Waals surface area (Å²) in [6.07, 6.45) is 1.31. The lowest BCUT2D eigenvalue weighted by Crippen LogP contribution is -2.53. The van der Waals surface area contributed by atoms with Gasteiger partial charge < -0.3 is 10.2 Å². The first-order valence-corrected chi connectivity index (χ1v) is 16.0. The van der Waals surface area contributed by atoms with Crippen LogP contribution in [0.2, 0.25) is 10.0 Å². The predicted octanol–water partition coefficient (Wildman–Crippen LogP) is 5.79. The lowest BCUT2D eigenvalue weighted by atomic mass is 10.0. The summed E-state index contributed by atoms with van der Waals surface area (Å²) >= 11 is 12.4. The second kappa shape index (κ2) is 14.2. The number of nitrogens with zero attached hydrogens (tertiary/aromatic N) is 2. The summed E-state index contributed by atoms with van der Waals surface area (Å²) in [4.78, 5) is 29.3. The van der Waals surface area contributed by atoms with Gasteiger partial charge in [0.25, 0.3) is 0 Å². The third kappa shape index (κ3) is 9.21. The number of anilines is 1. The van der Waals surface area contributed by atoms with E-state index in [-0.39, 0.29) is 24.8 Å². The molecule has 7 nitrogen and oxygen atoms in total. The monoisotopic (exact) mass is 617 g/mol. The highest BCUT2D eigenvalue weighted by molar-refractivity contribution is 7.92. The number of amides is 2. The van der Waals surface area contributed by atoms with Crippen LogP contribution in [0.4, 0.5) is 5.69 Å². The Morgan fingerprint density at radius 1 is 0.902 bits per heavy atom. The number of carbonyl (C=O) groups is 2. The average Bonchev–Trinajstić information content (AvgIpc) is 2.91. The van der Waals surface area contributed by atoms with E-state index in [2.05, 4.69) is 5.32 Å². The number of halogens is 2. The van der Waals surface area contributed by atoms with Crippen molar-refractivity contribution in [3.05, 3.63) is 99.0 Å². The largest absolute Gasteiger partial charge is 0.354 e. The van der Waals surface area contributed by atoms with Gasteiger partial charge in [-0.1, -0.05) is 85.6 Å². The molecule has 0 unspecified atom stereocenters. The van der Waals surface area contributed by atoms with Gasteiger partial charge >= 0.3 is 0 Å². The molecule has 0 bridgehead atoms. The van der Waals surface area contributed by atoms with Crippen molar-refractivity contribution in [3.63, 3.8) is 0 Å². The topological polar surface area (TPSA) is 86.8 Å². The van der Waals surface area contributed by atoms with Crippen molar-refractivity contribution >= 4 is 50.7 Å². The highest BCUT2D eigenvalue weighted by Gasteiger charge is 2.33. The van der Waals surface area contributed by atoms with Gasteiger partial charge in [-0.3, -0.25) is 13.9 Å². The van der Waals surface area contributed by atoms with E-state index >= 15 is 0 Å². The minimum absolute atomic E-state index is 0.0206. The molecule has 0 aliphatic rings. The number of hydrogen-bond donors (Lipinski definition) is 1. The van der Waals surface area contributed by atoms with Gasteiger partial charge in [0.15, 0.2) is 0 Å². The molecule has 41 heavy (non-hydrogen) atoms. The van der Waals surface area contributed by atoms with Gasteiger partial charge in [0.2, 0.25) is 21.8 Å². The summed E-state index contributed by atoms with van der Waals surface area (Å²) in [6.45, 7) is 7.59. The summed E-state index contributed by atoms with van der Waals surface area (Å²) in [7, 11) is -3.85. The molecule has 0 radical (unpaired) electrons. The second-order valence-corrected chi connectivity index (χ2v) is 13.4. The van der Waals surface area contributed by atoms with Gasteiger partial charge in [-0.2, -0.15) is 0 Å². The van der Waals surface area contributed by atoms with Gasteiger partial charge in [0.1, 0.15) is 12.6 Å². The zero-order valence-electron chi connectivity index (χ0n) is 24.0. The minimum Gasteiger partial charge on any atom is -0.354 e. The molecule has 0 saturated carbocycles. The van der Waals surface area contributed by atoms with Crippen LogP contribution in [0.1, 0.15) is 36.1 Å². The summed E-state index contributed by atoms with van der Waals surface area (Å²) < 4.78 is 27.1. The third-order valence-corrected chi connectivity index (χ3v) is 8.47. The molecule has 0 aliphatic carbocycles. The van der Waals surface area contributed by atoms with Gasteiger partial charge in [-0.15, -0.1) is 0 Å². The van der Waals surface area contributed by atoms with Crippen molar-refractivity contribution in [1.82, 2.24) is 10.2 Å². The van der Waals surface area contributed by atoms with Crippen LogP contribution in [0.5, 0.6) is 0 Å². The summed E-state index contributed by atoms with van der Waals surface area (Å²) in [5, 5.41) is 3.64. The molecule has 0 saturated heterocycles. The number of hydrogen-bond acceptors (Lipinski definition) is 4. The molecule has 10 heteroatoms. The van der Waals surface area contributed by atoms with Crippen LogP contribution in [0.15, 0.2) is 66.7 Å². The van der Waals surface area contributed by atoms with E-state index in [1.54, 1.807) is 31.2 Å². The van der Waals surface area contributed by atoms with E-state index in [0.717, 1.165) is 21.7 Å². The molecule has 2 amide bonds. The summed E-state index contributed by atoms with van der Waals surface area (Å²) in [5.41, 5.74) is 3.49. The molecule has 0 spiro atoms. The first kappa shape index (κ1) is 32.4. The van der Waals surface area contributed by atoms with E-state index in [0.29, 0.717) is 33.4 Å². The van der Waals surface area contributed by atoms with Crippen LogP contribution in [-0.4, -0.2) is 50.5 Å². The molecule has 0 heterocycles. The zero-order valence-corrected chi connectivity index (χ0v) is 26.4. The first-order chi connectivity index (χ1) is 19.3. The highest BCUT2D eigenvalue weighted by Crippen LogP contribution is 2.27. The van der Waals surface area contributed by atoms with Crippen molar-refractivity contribution in [2.24, 2.45) is 5.92 Å². The quantitative estimate of drug-likeness (QED) is 0.279. The molecule has 3 aromatic carbocycles. The second-order valence-electron chi connectivity index (χ2n) is 10.7. The maximum Gasteiger partial charge on any atom is 0.244 e. The Labute approximate surface area is 253 Å². The molecule has 0 aromatic heterocycles. The van der Waals surface area contributed by atoms with E-state index in [1.165, 1.54) is 4.90 Å². The molecule has 0 fully saturated rings. The fourth-order valence-electron chi connectivity index (χ4n) is 4.39. The number of benzene rings is 3. The molecule has 1 atom stereocenters. The standard InChI is InChI=1S/C31H37Cl2N3O4S/c1-21(2)18-34-31(38)29(17-24-9-7-6-8-10-24)35(19-25-13-14-26(32)27(33)16-25)30(37)20-36(41(5,39)40)28-15-22(3)11-12-23(28)4/h6-16,21,29H,17-20H2,1-5H3,(H,34,38)/t29-/m1/s1. The van der Waals surface area contributed by atoms with Crippen LogP contribution >= 0.6 is 23.2 Å². The number of rotatable bonds is 12. The Morgan fingerprint density at radius 3 is 2.20 bits per heavy atom. The molecule has 3 rings (SSSR count).